The summed E-state index contributed by atoms with van der Waals surface area (Å²) in [6, 6.07) is 11.9. The minimum Gasteiger partial charge on any atom is -0.497 e. The number of carboxylic acid groups (broad SMARTS) is 1. The van der Waals surface area contributed by atoms with E-state index in [1.54, 1.807) is 20.3 Å². The molecule has 0 radical (unpaired) electrons. The van der Waals surface area contributed by atoms with E-state index in [4.69, 9.17) is 19.0 Å². The minimum atomic E-state index is -1.13. The molecular weight excluding hydrogens is 440 g/mol. The zero-order valence-electron chi connectivity index (χ0n) is 19.6. The van der Waals surface area contributed by atoms with E-state index in [9.17, 15) is 14.7 Å². The molecule has 0 aliphatic carbocycles. The predicted molar refractivity (Wildman–Crippen MR) is 126 cm³/mol. The van der Waals surface area contributed by atoms with Crippen LogP contribution in [-0.2, 0) is 25.6 Å². The second-order valence-corrected chi connectivity index (χ2v) is 7.88. The topological polar surface area (TPSA) is 116 Å². The lowest BCUT2D eigenvalue weighted by molar-refractivity contribution is -0.141. The summed E-state index contributed by atoms with van der Waals surface area (Å²) in [5, 5.41) is 16.2. The van der Waals surface area contributed by atoms with E-state index in [2.05, 4.69) is 10.5 Å². The third-order valence-corrected chi connectivity index (χ3v) is 5.75. The van der Waals surface area contributed by atoms with Crippen molar-refractivity contribution in [3.63, 3.8) is 0 Å². The molecule has 9 nitrogen and oxygen atoms in total. The highest BCUT2D eigenvalue weighted by atomic mass is 16.6. The molecule has 2 N–H and O–H groups in total. The molecule has 9 heteroatoms. The van der Waals surface area contributed by atoms with Crippen molar-refractivity contribution in [2.75, 3.05) is 34.5 Å². The number of aliphatic carboxylic acids is 1. The van der Waals surface area contributed by atoms with Gasteiger partial charge in [-0.05, 0) is 36.1 Å². The first-order chi connectivity index (χ1) is 16.5. The Balaban J connectivity index is 1.73. The van der Waals surface area contributed by atoms with E-state index >= 15 is 0 Å². The zero-order valence-corrected chi connectivity index (χ0v) is 19.6. The molecule has 1 fully saturated rings. The molecule has 2 aromatic rings. The lowest BCUT2D eigenvalue weighted by Gasteiger charge is -2.23. The fraction of sp³-hybridized carbons (Fsp3) is 0.400. The maximum Gasteiger partial charge on any atom is 0.326 e. The van der Waals surface area contributed by atoms with Crippen LogP contribution in [0.1, 0.15) is 18.4 Å². The van der Waals surface area contributed by atoms with E-state index in [0.717, 1.165) is 16.7 Å². The number of carbonyl (C=O) groups excluding carboxylic acids is 1. The summed E-state index contributed by atoms with van der Waals surface area (Å²) >= 11 is 0. The van der Waals surface area contributed by atoms with Gasteiger partial charge in [0, 0.05) is 37.2 Å². The first-order valence-electron chi connectivity index (χ1n) is 11.0. The molecule has 1 amide bonds. The summed E-state index contributed by atoms with van der Waals surface area (Å²) < 4.78 is 16.1. The Morgan fingerprint density at radius 2 is 1.79 bits per heavy atom. The summed E-state index contributed by atoms with van der Waals surface area (Å²) in [5.41, 5.74) is 2.75. The van der Waals surface area contributed by atoms with E-state index in [1.165, 1.54) is 7.11 Å². The average Bonchev–Trinajstić information content (AvgIpc) is 2.87. The number of benzene rings is 2. The molecule has 0 aromatic heterocycles. The van der Waals surface area contributed by atoms with E-state index in [-0.39, 0.29) is 18.1 Å². The number of hydrogen-bond acceptors (Lipinski definition) is 7. The molecule has 34 heavy (non-hydrogen) atoms. The number of carbonyl (C=O) groups is 2. The third kappa shape index (κ3) is 6.26. The number of hydrogen-bond donors (Lipinski definition) is 2. The van der Waals surface area contributed by atoms with Gasteiger partial charge in [0.25, 0.3) is 5.91 Å². The van der Waals surface area contributed by atoms with Crippen LogP contribution in [0.2, 0.25) is 0 Å². The quantitative estimate of drug-likeness (QED) is 0.405. The molecule has 1 aliphatic rings. The number of carboxylic acids is 1. The van der Waals surface area contributed by atoms with Crippen molar-refractivity contribution in [1.29, 1.82) is 0 Å². The van der Waals surface area contributed by atoms with Gasteiger partial charge < -0.3 is 29.5 Å². The SMILES string of the molecule is CON=C(C(=O)N[C@@H](Cc1ccc(-c2ccc(OC)cc2OC)cc1)C(=O)O)C1CCOCC1. The molecule has 182 valence electrons. The molecule has 1 aliphatic heterocycles. The van der Waals surface area contributed by atoms with Gasteiger partial charge in [-0.25, -0.2) is 4.79 Å². The smallest absolute Gasteiger partial charge is 0.326 e. The molecule has 0 bridgehead atoms. The fourth-order valence-electron chi connectivity index (χ4n) is 3.90. The van der Waals surface area contributed by atoms with E-state index < -0.39 is 17.9 Å². The standard InChI is InChI=1S/C25H30N2O7/c1-31-19-8-9-20(22(15-19)32-2)17-6-4-16(5-7-17)14-21(25(29)30)26-24(28)23(27-33-3)18-10-12-34-13-11-18/h4-9,15,18,21H,10-14H2,1-3H3,(H,26,28)(H,29,30)/t21-/m0/s1. The summed E-state index contributed by atoms with van der Waals surface area (Å²) in [5.74, 6) is -0.448. The highest BCUT2D eigenvalue weighted by molar-refractivity contribution is 6.39. The monoisotopic (exact) mass is 470 g/mol. The van der Waals surface area contributed by atoms with Crippen LogP contribution in [0.5, 0.6) is 11.5 Å². The molecule has 0 spiro atoms. The molecule has 0 unspecified atom stereocenters. The van der Waals surface area contributed by atoms with Crippen molar-refractivity contribution >= 4 is 17.6 Å². The van der Waals surface area contributed by atoms with Gasteiger partial charge in [-0.15, -0.1) is 0 Å². The summed E-state index contributed by atoms with van der Waals surface area (Å²) in [6.45, 7) is 1.04. The fourth-order valence-corrected chi connectivity index (χ4v) is 3.90. The summed E-state index contributed by atoms with van der Waals surface area (Å²) in [7, 11) is 4.55. The van der Waals surface area contributed by atoms with Crippen LogP contribution in [0.25, 0.3) is 11.1 Å². The van der Waals surface area contributed by atoms with Gasteiger partial charge in [-0.3, -0.25) is 4.79 Å². The van der Waals surface area contributed by atoms with Crippen LogP contribution in [-0.4, -0.2) is 63.3 Å². The molecule has 1 heterocycles. The highest BCUT2D eigenvalue weighted by Gasteiger charge is 2.29. The normalized spacial score (nSPS) is 15.3. The lowest BCUT2D eigenvalue weighted by Crippen LogP contribution is -2.47. The van der Waals surface area contributed by atoms with Gasteiger partial charge in [-0.2, -0.15) is 0 Å². The highest BCUT2D eigenvalue weighted by Crippen LogP contribution is 2.33. The second kappa shape index (κ2) is 12.0. The first kappa shape index (κ1) is 25.0. The van der Waals surface area contributed by atoms with Crippen LogP contribution in [0, 0.1) is 5.92 Å². The Kier molecular flexibility index (Phi) is 8.86. The summed E-state index contributed by atoms with van der Waals surface area (Å²) in [6.07, 6.45) is 1.38. The minimum absolute atomic E-state index is 0.120. The molecule has 1 saturated heterocycles. The number of ether oxygens (including phenoxy) is 3. The maximum atomic E-state index is 12.8. The number of oxime groups is 1. The number of nitrogens with one attached hydrogen (secondary N) is 1. The maximum absolute atomic E-state index is 12.8. The van der Waals surface area contributed by atoms with Gasteiger partial charge in [0.2, 0.25) is 0 Å². The van der Waals surface area contributed by atoms with Crippen molar-refractivity contribution < 1.29 is 33.7 Å². The predicted octanol–water partition coefficient (Wildman–Crippen LogP) is 2.91. The first-order valence-corrected chi connectivity index (χ1v) is 11.0. The van der Waals surface area contributed by atoms with Crippen molar-refractivity contribution in [2.24, 2.45) is 11.1 Å². The third-order valence-electron chi connectivity index (χ3n) is 5.75. The van der Waals surface area contributed by atoms with Crippen LogP contribution in [0.4, 0.5) is 0 Å². The Labute approximate surface area is 198 Å². The van der Waals surface area contributed by atoms with Gasteiger partial charge in [0.05, 0.1) is 14.2 Å². The van der Waals surface area contributed by atoms with Crippen molar-refractivity contribution in [2.45, 2.75) is 25.3 Å². The van der Waals surface area contributed by atoms with Crippen LogP contribution >= 0.6 is 0 Å². The Morgan fingerprint density at radius 1 is 1.09 bits per heavy atom. The van der Waals surface area contributed by atoms with Gasteiger partial charge in [0.15, 0.2) is 0 Å². The van der Waals surface area contributed by atoms with Gasteiger partial charge in [-0.1, -0.05) is 29.4 Å². The zero-order chi connectivity index (χ0) is 24.5. The molecule has 0 saturated carbocycles. The molecule has 1 atom stereocenters. The Morgan fingerprint density at radius 3 is 2.38 bits per heavy atom. The number of rotatable bonds is 10. The molecular formula is C25H30N2O7. The lowest BCUT2D eigenvalue weighted by atomic mass is 9.93. The Hall–Kier alpha value is -3.59. The van der Waals surface area contributed by atoms with Crippen molar-refractivity contribution in [3.8, 4) is 22.6 Å². The number of amides is 1. The molecule has 2 aromatic carbocycles. The largest absolute Gasteiger partial charge is 0.497 e. The molecule has 3 rings (SSSR count). The van der Waals surface area contributed by atoms with E-state index in [0.29, 0.717) is 37.6 Å². The van der Waals surface area contributed by atoms with Crippen LogP contribution in [0.15, 0.2) is 47.6 Å². The van der Waals surface area contributed by atoms with Crippen LogP contribution < -0.4 is 14.8 Å². The van der Waals surface area contributed by atoms with Crippen molar-refractivity contribution in [3.05, 3.63) is 48.0 Å². The summed E-state index contributed by atoms with van der Waals surface area (Å²) in [4.78, 5) is 29.6. The Bertz CT molecular complexity index is 1010. The van der Waals surface area contributed by atoms with Crippen LogP contribution in [0.3, 0.4) is 0 Å². The second-order valence-electron chi connectivity index (χ2n) is 7.88. The van der Waals surface area contributed by atoms with Gasteiger partial charge >= 0.3 is 5.97 Å². The van der Waals surface area contributed by atoms with Gasteiger partial charge in [0.1, 0.15) is 30.4 Å². The van der Waals surface area contributed by atoms with Crippen molar-refractivity contribution in [1.82, 2.24) is 5.32 Å². The number of nitrogens with zero attached hydrogens (tertiary/aromatic N) is 1. The number of methoxy groups -OCH3 is 2. The van der Waals surface area contributed by atoms with E-state index in [1.807, 2.05) is 36.4 Å². The average molecular weight is 471 g/mol.